The molecule has 1 aliphatic carbocycles. The van der Waals surface area contributed by atoms with Gasteiger partial charge in [0, 0.05) is 5.69 Å². The number of methoxy groups -OCH3 is 2. The number of hydrogen-bond donors (Lipinski definition) is 2. The summed E-state index contributed by atoms with van der Waals surface area (Å²) in [7, 11) is 2.90. The van der Waals surface area contributed by atoms with Gasteiger partial charge >= 0.3 is 12.0 Å². The number of amides is 2. The Balaban J connectivity index is 1.70. The van der Waals surface area contributed by atoms with Gasteiger partial charge in [-0.2, -0.15) is 0 Å². The minimum absolute atomic E-state index is 0.0803. The maximum Gasteiger partial charge on any atom is 0.339 e. The Hall–Kier alpha value is -2.73. The van der Waals surface area contributed by atoms with E-state index in [0.717, 1.165) is 24.2 Å². The normalized spacial score (nSPS) is 14.2. The van der Waals surface area contributed by atoms with Gasteiger partial charge in [-0.1, -0.05) is 23.7 Å². The van der Waals surface area contributed by atoms with Gasteiger partial charge in [-0.05, 0) is 54.7 Å². The van der Waals surface area contributed by atoms with Crippen molar-refractivity contribution in [2.24, 2.45) is 5.92 Å². The molecule has 2 amide bonds. The number of carbonyl (C=O) groups is 2. The number of halogens is 1. The fourth-order valence-corrected chi connectivity index (χ4v) is 3.09. The molecule has 0 aliphatic heterocycles. The number of ether oxygens (including phenoxy) is 2. The molecule has 1 fully saturated rings. The number of urea groups is 1. The monoisotopic (exact) mass is 388 g/mol. The van der Waals surface area contributed by atoms with Gasteiger partial charge in [0.05, 0.1) is 30.8 Å². The topological polar surface area (TPSA) is 76.7 Å². The van der Waals surface area contributed by atoms with Crippen LogP contribution in [0.5, 0.6) is 5.75 Å². The fraction of sp³-hybridized carbons (Fsp3) is 0.300. The highest BCUT2D eigenvalue weighted by atomic mass is 35.5. The molecule has 1 atom stereocenters. The van der Waals surface area contributed by atoms with Gasteiger partial charge < -0.3 is 20.1 Å². The molecule has 0 aromatic heterocycles. The molecule has 1 aliphatic rings. The van der Waals surface area contributed by atoms with Gasteiger partial charge in [0.15, 0.2) is 0 Å². The molecule has 3 rings (SSSR count). The van der Waals surface area contributed by atoms with Crippen molar-refractivity contribution in [2.45, 2.75) is 18.9 Å². The zero-order chi connectivity index (χ0) is 19.4. The Morgan fingerprint density at radius 2 is 1.81 bits per heavy atom. The summed E-state index contributed by atoms with van der Waals surface area (Å²) < 4.78 is 9.88. The Bertz CT molecular complexity index is 834. The van der Waals surface area contributed by atoms with Gasteiger partial charge in [-0.3, -0.25) is 0 Å². The van der Waals surface area contributed by atoms with E-state index in [1.165, 1.54) is 13.2 Å². The lowest BCUT2D eigenvalue weighted by molar-refractivity contribution is 0.0601. The van der Waals surface area contributed by atoms with E-state index in [2.05, 4.69) is 10.6 Å². The molecule has 7 heteroatoms. The molecule has 2 aromatic rings. The largest absolute Gasteiger partial charge is 0.497 e. The summed E-state index contributed by atoms with van der Waals surface area (Å²) in [4.78, 5) is 24.2. The standard InChI is InChI=1S/C20H21ClN2O4/c1-26-15-8-5-13(6-9-15)18(12-3-4-12)23-20(25)22-14-7-10-17(21)16(11-14)19(24)27-2/h5-12,18H,3-4H2,1-2H3,(H2,22,23,25). The maximum absolute atomic E-state index is 12.5. The first-order valence-electron chi connectivity index (χ1n) is 8.61. The van der Waals surface area contributed by atoms with Crippen LogP contribution in [0.1, 0.15) is 34.8 Å². The lowest BCUT2D eigenvalue weighted by Gasteiger charge is -2.20. The van der Waals surface area contributed by atoms with Crippen LogP contribution in [0, 0.1) is 5.92 Å². The van der Waals surface area contributed by atoms with Crippen LogP contribution in [-0.2, 0) is 4.74 Å². The SMILES string of the molecule is COC(=O)c1cc(NC(=O)NC(c2ccc(OC)cc2)C2CC2)ccc1Cl. The Morgan fingerprint density at radius 3 is 2.41 bits per heavy atom. The molecule has 27 heavy (non-hydrogen) atoms. The third-order valence-corrected chi connectivity index (χ3v) is 4.81. The van der Waals surface area contributed by atoms with E-state index in [4.69, 9.17) is 21.1 Å². The third-order valence-electron chi connectivity index (χ3n) is 4.48. The van der Waals surface area contributed by atoms with Crippen LogP contribution in [0.15, 0.2) is 42.5 Å². The molecule has 0 radical (unpaired) electrons. The summed E-state index contributed by atoms with van der Waals surface area (Å²) in [5.41, 5.74) is 1.69. The number of benzene rings is 2. The first kappa shape index (κ1) is 19.0. The molecule has 0 bridgehead atoms. The minimum atomic E-state index is -0.557. The van der Waals surface area contributed by atoms with Crippen LogP contribution in [0.25, 0.3) is 0 Å². The predicted molar refractivity (Wildman–Crippen MR) is 103 cm³/mol. The van der Waals surface area contributed by atoms with E-state index in [-0.39, 0.29) is 22.7 Å². The highest BCUT2D eigenvalue weighted by Crippen LogP contribution is 2.41. The van der Waals surface area contributed by atoms with Gasteiger partial charge in [0.25, 0.3) is 0 Å². The van der Waals surface area contributed by atoms with Crippen molar-refractivity contribution >= 4 is 29.3 Å². The summed E-state index contributed by atoms with van der Waals surface area (Å²) in [5.74, 6) is 0.632. The zero-order valence-corrected chi connectivity index (χ0v) is 15.9. The molecule has 1 saturated carbocycles. The lowest BCUT2D eigenvalue weighted by atomic mass is 10.0. The number of nitrogens with one attached hydrogen (secondary N) is 2. The summed E-state index contributed by atoms with van der Waals surface area (Å²) in [6.45, 7) is 0. The number of hydrogen-bond acceptors (Lipinski definition) is 4. The van der Waals surface area contributed by atoms with Crippen molar-refractivity contribution in [3.63, 3.8) is 0 Å². The highest BCUT2D eigenvalue weighted by molar-refractivity contribution is 6.33. The van der Waals surface area contributed by atoms with Crippen molar-refractivity contribution in [3.8, 4) is 5.75 Å². The molecule has 2 N–H and O–H groups in total. The van der Waals surface area contributed by atoms with E-state index in [1.54, 1.807) is 19.2 Å². The molecule has 0 spiro atoms. The van der Waals surface area contributed by atoms with Gasteiger partial charge in [-0.25, -0.2) is 9.59 Å². The first-order valence-corrected chi connectivity index (χ1v) is 8.99. The van der Waals surface area contributed by atoms with Crippen molar-refractivity contribution in [3.05, 3.63) is 58.6 Å². The van der Waals surface area contributed by atoms with Crippen molar-refractivity contribution in [1.29, 1.82) is 0 Å². The first-order chi connectivity index (χ1) is 13.0. The van der Waals surface area contributed by atoms with Crippen LogP contribution in [0.4, 0.5) is 10.5 Å². The Morgan fingerprint density at radius 1 is 1.11 bits per heavy atom. The van der Waals surface area contributed by atoms with E-state index >= 15 is 0 Å². The van der Waals surface area contributed by atoms with Gasteiger partial charge in [0.1, 0.15) is 5.75 Å². The minimum Gasteiger partial charge on any atom is -0.497 e. The summed E-state index contributed by atoms with van der Waals surface area (Å²) >= 11 is 6.01. The average molecular weight is 389 g/mol. The number of esters is 1. The molecular formula is C20H21ClN2O4. The Kier molecular flexibility index (Phi) is 5.86. The summed E-state index contributed by atoms with van der Waals surface area (Å²) in [6, 6.07) is 11.9. The fourth-order valence-electron chi connectivity index (χ4n) is 2.89. The third kappa shape index (κ3) is 4.71. The van der Waals surface area contributed by atoms with Gasteiger partial charge in [0.2, 0.25) is 0 Å². The smallest absolute Gasteiger partial charge is 0.339 e. The zero-order valence-electron chi connectivity index (χ0n) is 15.1. The molecule has 142 valence electrons. The van der Waals surface area contributed by atoms with Crippen LogP contribution < -0.4 is 15.4 Å². The molecule has 1 unspecified atom stereocenters. The average Bonchev–Trinajstić information content (AvgIpc) is 3.52. The van der Waals surface area contributed by atoms with E-state index in [0.29, 0.717) is 11.6 Å². The Labute approximate surface area is 162 Å². The summed E-state index contributed by atoms with van der Waals surface area (Å²) in [5, 5.41) is 6.04. The van der Waals surface area contributed by atoms with E-state index in [9.17, 15) is 9.59 Å². The quantitative estimate of drug-likeness (QED) is 0.719. The van der Waals surface area contributed by atoms with E-state index in [1.807, 2.05) is 24.3 Å². The molecule has 0 saturated heterocycles. The van der Waals surface area contributed by atoms with Crippen LogP contribution in [0.3, 0.4) is 0 Å². The predicted octanol–water partition coefficient (Wildman–Crippen LogP) is 4.41. The van der Waals surface area contributed by atoms with Crippen LogP contribution in [0.2, 0.25) is 5.02 Å². The van der Waals surface area contributed by atoms with Gasteiger partial charge in [-0.15, -0.1) is 0 Å². The van der Waals surface area contributed by atoms with Crippen LogP contribution >= 0.6 is 11.6 Å². The molecular weight excluding hydrogens is 368 g/mol. The summed E-state index contributed by atoms with van der Waals surface area (Å²) in [6.07, 6.45) is 2.15. The number of carbonyl (C=O) groups excluding carboxylic acids is 2. The van der Waals surface area contributed by atoms with Crippen molar-refractivity contribution in [2.75, 3.05) is 19.5 Å². The second-order valence-corrected chi connectivity index (χ2v) is 6.78. The lowest BCUT2D eigenvalue weighted by Crippen LogP contribution is -2.33. The number of anilines is 1. The second kappa shape index (κ2) is 8.31. The van der Waals surface area contributed by atoms with Crippen molar-refractivity contribution in [1.82, 2.24) is 5.32 Å². The van der Waals surface area contributed by atoms with E-state index < -0.39 is 5.97 Å². The van der Waals surface area contributed by atoms with Crippen LogP contribution in [-0.4, -0.2) is 26.2 Å². The number of rotatable bonds is 6. The highest BCUT2D eigenvalue weighted by Gasteiger charge is 2.33. The maximum atomic E-state index is 12.5. The second-order valence-electron chi connectivity index (χ2n) is 6.37. The molecule has 6 nitrogen and oxygen atoms in total. The molecule has 2 aromatic carbocycles. The van der Waals surface area contributed by atoms with Crippen molar-refractivity contribution < 1.29 is 19.1 Å². The molecule has 0 heterocycles.